The molecular weight excluding hydrogens is 458 g/mol. The maximum Gasteiger partial charge on any atom is 1.00 e. The first-order chi connectivity index (χ1) is 15.3. The van der Waals surface area contributed by atoms with Crippen molar-refractivity contribution in [2.24, 2.45) is 35.5 Å². The summed E-state index contributed by atoms with van der Waals surface area (Å²) in [5, 5.41) is 1.16. The summed E-state index contributed by atoms with van der Waals surface area (Å²) in [5.41, 5.74) is 1.29. The molecule has 33 heavy (non-hydrogen) atoms. The average molecular weight is 495 g/mol. The van der Waals surface area contributed by atoms with Crippen LogP contribution in [0.5, 0.6) is 0 Å². The second-order valence-corrected chi connectivity index (χ2v) is 17.4. The zero-order chi connectivity index (χ0) is 21.7. The molecule has 0 N–H and O–H groups in total. The van der Waals surface area contributed by atoms with E-state index in [1.54, 1.807) is 12.1 Å². The third-order valence-electron chi connectivity index (χ3n) is 10.7. The molecule has 6 heteroatoms. The molecule has 8 aliphatic carbocycles. The van der Waals surface area contributed by atoms with Gasteiger partial charge >= 0.3 is 29.6 Å². The standard InChI is InChI=1S/C27H37O3PS.Na/c28-32(29,30)25-3-1-18(2-4-25)17-31(26-11-19-5-20(12-26)7-21(6-19)13-26)27-14-22-8-23(15-27)10-24(9-22)16-27;/h1-4,19-24H,5-17H2,(H,28,29,30);/q;+1/p-1. The Labute approximate surface area is 223 Å². The van der Waals surface area contributed by atoms with Crippen molar-refractivity contribution >= 4 is 18.0 Å². The number of benzene rings is 1. The predicted molar refractivity (Wildman–Crippen MR) is 127 cm³/mol. The fourth-order valence-corrected chi connectivity index (χ4v) is 16.2. The Kier molecular flexibility index (Phi) is 6.01. The Hall–Kier alpha value is 0.560. The molecule has 0 unspecified atom stereocenters. The Morgan fingerprint density at radius 1 is 0.697 bits per heavy atom. The molecule has 1 aromatic rings. The van der Waals surface area contributed by atoms with Crippen LogP contribution in [0.4, 0.5) is 0 Å². The van der Waals surface area contributed by atoms with Crippen molar-refractivity contribution in [1.29, 1.82) is 0 Å². The van der Waals surface area contributed by atoms with Crippen molar-refractivity contribution < 1.29 is 42.5 Å². The van der Waals surface area contributed by atoms with Crippen LogP contribution in [0.2, 0.25) is 0 Å². The van der Waals surface area contributed by atoms with Crippen LogP contribution in [0, 0.1) is 35.5 Å². The van der Waals surface area contributed by atoms with E-state index >= 15 is 0 Å². The van der Waals surface area contributed by atoms with Gasteiger partial charge in [0.2, 0.25) is 0 Å². The smallest absolute Gasteiger partial charge is 0.744 e. The Morgan fingerprint density at radius 3 is 1.33 bits per heavy atom. The van der Waals surface area contributed by atoms with Crippen LogP contribution in [0.15, 0.2) is 29.2 Å². The van der Waals surface area contributed by atoms with Crippen molar-refractivity contribution in [1.82, 2.24) is 0 Å². The topological polar surface area (TPSA) is 57.2 Å². The van der Waals surface area contributed by atoms with Crippen LogP contribution in [-0.2, 0) is 16.3 Å². The quantitative estimate of drug-likeness (QED) is 0.358. The molecule has 0 saturated heterocycles. The second kappa shape index (κ2) is 8.29. The van der Waals surface area contributed by atoms with Crippen LogP contribution in [0.3, 0.4) is 0 Å². The molecule has 8 fully saturated rings. The van der Waals surface area contributed by atoms with Crippen LogP contribution in [0.25, 0.3) is 0 Å². The number of hydrogen-bond acceptors (Lipinski definition) is 3. The van der Waals surface area contributed by atoms with Crippen LogP contribution in [-0.4, -0.2) is 23.3 Å². The number of hydrogen-bond donors (Lipinski definition) is 0. The maximum absolute atomic E-state index is 11.5. The number of rotatable bonds is 5. The van der Waals surface area contributed by atoms with Gasteiger partial charge in [-0.25, -0.2) is 8.42 Å². The molecule has 0 amide bonds. The SMILES string of the molecule is O=S(=O)([O-])c1ccc(CP(C23CC4CC(CC(C4)C2)C3)C23CC4CC(CC(C4)C2)C3)cc1.[Na+]. The summed E-state index contributed by atoms with van der Waals surface area (Å²) in [5.74, 6) is 5.88. The Balaban J connectivity index is 0.00000206. The summed E-state index contributed by atoms with van der Waals surface area (Å²) < 4.78 is 34.4. The fraction of sp³-hybridized carbons (Fsp3) is 0.778. The summed E-state index contributed by atoms with van der Waals surface area (Å²) in [6.45, 7) is 0. The molecule has 174 valence electrons. The zero-order valence-electron chi connectivity index (χ0n) is 20.0. The van der Waals surface area contributed by atoms with Crippen molar-refractivity contribution in [3.8, 4) is 0 Å². The monoisotopic (exact) mass is 494 g/mol. The van der Waals surface area contributed by atoms with E-state index in [4.69, 9.17) is 0 Å². The predicted octanol–water partition coefficient (Wildman–Crippen LogP) is 3.51. The molecule has 3 nitrogen and oxygen atoms in total. The summed E-state index contributed by atoms with van der Waals surface area (Å²) in [4.78, 5) is -0.0739. The summed E-state index contributed by atoms with van der Waals surface area (Å²) in [6.07, 6.45) is 19.1. The molecule has 0 aliphatic heterocycles. The first-order valence-corrected chi connectivity index (χ1v) is 16.0. The van der Waals surface area contributed by atoms with Crippen molar-refractivity contribution in [3.63, 3.8) is 0 Å². The molecule has 8 bridgehead atoms. The first-order valence-electron chi connectivity index (χ1n) is 13.1. The van der Waals surface area contributed by atoms with Gasteiger partial charge in [-0.15, -0.1) is 0 Å². The average Bonchev–Trinajstić information content (AvgIpc) is 2.69. The molecule has 8 saturated carbocycles. The molecule has 0 radical (unpaired) electrons. The molecule has 0 heterocycles. The van der Waals surface area contributed by atoms with E-state index in [9.17, 15) is 13.0 Å². The third-order valence-corrected chi connectivity index (χ3v) is 15.6. The minimum absolute atomic E-state index is 0. The van der Waals surface area contributed by atoms with Gasteiger partial charge < -0.3 is 4.55 Å². The summed E-state index contributed by atoms with van der Waals surface area (Å²) in [6, 6.07) is 7.09. The van der Waals surface area contributed by atoms with Gasteiger partial charge in [-0.3, -0.25) is 0 Å². The molecule has 0 spiro atoms. The normalized spacial score (nSPS) is 45.7. The van der Waals surface area contributed by atoms with Crippen molar-refractivity contribution in [2.75, 3.05) is 0 Å². The van der Waals surface area contributed by atoms with Gasteiger partial charge in [-0.2, -0.15) is 0 Å². The molecule has 0 aromatic heterocycles. The van der Waals surface area contributed by atoms with Gasteiger partial charge in [0.25, 0.3) is 0 Å². The zero-order valence-corrected chi connectivity index (χ0v) is 23.8. The summed E-state index contributed by atoms with van der Waals surface area (Å²) in [7, 11) is -4.52. The molecule has 1 aromatic carbocycles. The van der Waals surface area contributed by atoms with Crippen molar-refractivity contribution in [2.45, 2.75) is 98.4 Å². The van der Waals surface area contributed by atoms with E-state index in [1.807, 2.05) is 12.1 Å². The fourth-order valence-electron chi connectivity index (χ4n) is 10.6. The Bertz CT molecular complexity index is 906. The molecule has 8 aliphatic rings. The van der Waals surface area contributed by atoms with Gasteiger partial charge in [-0.05, 0) is 147 Å². The maximum atomic E-state index is 11.5. The minimum atomic E-state index is -4.37. The van der Waals surface area contributed by atoms with Crippen molar-refractivity contribution in [3.05, 3.63) is 29.8 Å². The van der Waals surface area contributed by atoms with E-state index in [2.05, 4.69) is 0 Å². The van der Waals surface area contributed by atoms with E-state index in [-0.39, 0.29) is 42.4 Å². The third kappa shape index (κ3) is 4.06. The van der Waals surface area contributed by atoms with Gasteiger partial charge in [0, 0.05) is 0 Å². The van der Waals surface area contributed by atoms with E-state index in [0.29, 0.717) is 10.3 Å². The van der Waals surface area contributed by atoms with Crippen LogP contribution >= 0.6 is 7.92 Å². The van der Waals surface area contributed by atoms with Gasteiger partial charge in [-0.1, -0.05) is 20.1 Å². The van der Waals surface area contributed by atoms with Gasteiger partial charge in [0.15, 0.2) is 0 Å². The molecule has 9 rings (SSSR count). The van der Waals surface area contributed by atoms with Gasteiger partial charge in [0.1, 0.15) is 10.1 Å². The van der Waals surface area contributed by atoms with Crippen LogP contribution < -0.4 is 29.6 Å². The second-order valence-electron chi connectivity index (χ2n) is 13.0. The Morgan fingerprint density at radius 2 is 1.03 bits per heavy atom. The molecule has 0 atom stereocenters. The minimum Gasteiger partial charge on any atom is -0.744 e. The first kappa shape index (κ1) is 23.9. The largest absolute Gasteiger partial charge is 1.00 e. The summed E-state index contributed by atoms with van der Waals surface area (Å²) >= 11 is 0. The van der Waals surface area contributed by atoms with Gasteiger partial charge in [0.05, 0.1) is 4.90 Å². The molecular formula is C27H36NaO3PS. The van der Waals surface area contributed by atoms with E-state index in [1.165, 1.54) is 82.6 Å². The van der Waals surface area contributed by atoms with Crippen LogP contribution in [0.1, 0.15) is 82.6 Å². The van der Waals surface area contributed by atoms with E-state index in [0.717, 1.165) is 41.7 Å². The van der Waals surface area contributed by atoms with E-state index < -0.39 is 10.1 Å².